The van der Waals surface area contributed by atoms with Crippen LogP contribution in [0.5, 0.6) is 0 Å². The van der Waals surface area contributed by atoms with Crippen molar-refractivity contribution in [3.63, 3.8) is 0 Å². The van der Waals surface area contributed by atoms with Crippen molar-refractivity contribution in [3.05, 3.63) is 28.5 Å². The van der Waals surface area contributed by atoms with Gasteiger partial charge in [0.15, 0.2) is 0 Å². The zero-order chi connectivity index (χ0) is 10.1. The molecule has 1 fully saturated rings. The Bertz CT molecular complexity index is 326. The largest absolute Gasteiger partial charge is 0.393 e. The second kappa shape index (κ2) is 3.96. The van der Waals surface area contributed by atoms with E-state index in [0.29, 0.717) is 5.92 Å². The number of hydrogen-bond donors (Lipinski definition) is 2. The summed E-state index contributed by atoms with van der Waals surface area (Å²) in [5.74, 6) is 0.381. The first-order valence-corrected chi connectivity index (χ1v) is 5.52. The number of aliphatic hydroxyl groups excluding tert-OH is 1. The first-order valence-electron chi connectivity index (χ1n) is 4.73. The molecule has 1 aliphatic carbocycles. The third-order valence-corrected chi connectivity index (χ3v) is 3.18. The van der Waals surface area contributed by atoms with Gasteiger partial charge in [0, 0.05) is 0 Å². The van der Waals surface area contributed by atoms with E-state index in [9.17, 15) is 5.11 Å². The summed E-state index contributed by atoms with van der Waals surface area (Å²) >= 11 is 3.32. The fourth-order valence-electron chi connectivity index (χ4n) is 1.77. The number of rotatable bonds is 2. The first kappa shape index (κ1) is 10.1. The van der Waals surface area contributed by atoms with Crippen molar-refractivity contribution >= 4 is 15.9 Å². The second-order valence-electron chi connectivity index (χ2n) is 3.80. The highest BCUT2D eigenvalue weighted by atomic mass is 79.9. The van der Waals surface area contributed by atoms with E-state index in [2.05, 4.69) is 20.9 Å². The standard InChI is InChI=1S/C10H13BrN2O/c11-9-3-1-2-8(13-9)10(12)6-4-7(14)5-6/h1-3,6-7,10,14H,4-5,12H2/t6?,7?,10-/m0/s1. The lowest BCUT2D eigenvalue weighted by Gasteiger charge is -2.35. The number of aliphatic hydroxyl groups is 1. The molecule has 3 nitrogen and oxygen atoms in total. The molecule has 0 amide bonds. The van der Waals surface area contributed by atoms with Crippen LogP contribution in [0.2, 0.25) is 0 Å². The molecule has 14 heavy (non-hydrogen) atoms. The lowest BCUT2D eigenvalue weighted by Crippen LogP contribution is -2.36. The number of nitrogens with zero attached hydrogens (tertiary/aromatic N) is 1. The predicted octanol–water partition coefficient (Wildman–Crippen LogP) is 1.61. The predicted molar refractivity (Wildman–Crippen MR) is 57.6 cm³/mol. The van der Waals surface area contributed by atoms with Gasteiger partial charge < -0.3 is 10.8 Å². The van der Waals surface area contributed by atoms with E-state index in [1.54, 1.807) is 0 Å². The molecule has 1 aliphatic rings. The van der Waals surface area contributed by atoms with Gasteiger partial charge in [0.25, 0.3) is 0 Å². The molecule has 0 spiro atoms. The van der Waals surface area contributed by atoms with Gasteiger partial charge in [-0.2, -0.15) is 0 Å². The van der Waals surface area contributed by atoms with Gasteiger partial charge in [-0.25, -0.2) is 4.98 Å². The van der Waals surface area contributed by atoms with Gasteiger partial charge in [-0.15, -0.1) is 0 Å². The van der Waals surface area contributed by atoms with E-state index in [1.807, 2.05) is 18.2 Å². The maximum absolute atomic E-state index is 9.18. The molecule has 1 saturated carbocycles. The Kier molecular flexibility index (Phi) is 2.85. The Hall–Kier alpha value is -0.450. The summed E-state index contributed by atoms with van der Waals surface area (Å²) in [6.07, 6.45) is 1.45. The summed E-state index contributed by atoms with van der Waals surface area (Å²) < 4.78 is 0.810. The summed E-state index contributed by atoms with van der Waals surface area (Å²) in [5.41, 5.74) is 6.94. The van der Waals surface area contributed by atoms with Gasteiger partial charge in [-0.3, -0.25) is 0 Å². The third-order valence-electron chi connectivity index (χ3n) is 2.74. The molecule has 1 aromatic rings. The fourth-order valence-corrected chi connectivity index (χ4v) is 2.13. The van der Waals surface area contributed by atoms with Crippen molar-refractivity contribution in [2.75, 3.05) is 0 Å². The van der Waals surface area contributed by atoms with Crippen LogP contribution in [0.3, 0.4) is 0 Å². The van der Waals surface area contributed by atoms with Gasteiger partial charge in [-0.1, -0.05) is 6.07 Å². The third kappa shape index (κ3) is 1.97. The zero-order valence-electron chi connectivity index (χ0n) is 7.73. The molecule has 0 bridgehead atoms. The van der Waals surface area contributed by atoms with E-state index < -0.39 is 0 Å². The highest BCUT2D eigenvalue weighted by Gasteiger charge is 2.33. The number of pyridine rings is 1. The maximum atomic E-state index is 9.18. The highest BCUT2D eigenvalue weighted by Crippen LogP contribution is 2.36. The average molecular weight is 257 g/mol. The van der Waals surface area contributed by atoms with E-state index in [1.165, 1.54) is 0 Å². The summed E-state index contributed by atoms with van der Waals surface area (Å²) in [6, 6.07) is 5.70. The molecule has 3 N–H and O–H groups in total. The van der Waals surface area contributed by atoms with Crippen LogP contribution >= 0.6 is 15.9 Å². The fraction of sp³-hybridized carbons (Fsp3) is 0.500. The van der Waals surface area contributed by atoms with E-state index in [0.717, 1.165) is 23.1 Å². The van der Waals surface area contributed by atoms with Crippen molar-refractivity contribution in [3.8, 4) is 0 Å². The molecule has 0 saturated heterocycles. The van der Waals surface area contributed by atoms with E-state index >= 15 is 0 Å². The van der Waals surface area contributed by atoms with Crippen molar-refractivity contribution in [2.24, 2.45) is 11.7 Å². The maximum Gasteiger partial charge on any atom is 0.106 e. The topological polar surface area (TPSA) is 59.1 Å². The Balaban J connectivity index is 2.07. The first-order chi connectivity index (χ1) is 6.66. The average Bonchev–Trinajstić information content (AvgIpc) is 2.12. The Morgan fingerprint density at radius 1 is 1.50 bits per heavy atom. The SMILES string of the molecule is N[C@H](c1cccc(Br)n1)C1CC(O)C1. The van der Waals surface area contributed by atoms with Crippen LogP contribution in [-0.4, -0.2) is 16.2 Å². The smallest absolute Gasteiger partial charge is 0.106 e. The normalized spacial score (nSPS) is 28.2. The van der Waals surface area contributed by atoms with Crippen molar-refractivity contribution in [2.45, 2.75) is 25.0 Å². The van der Waals surface area contributed by atoms with Crippen LogP contribution in [0.25, 0.3) is 0 Å². The number of nitrogens with two attached hydrogens (primary N) is 1. The number of hydrogen-bond acceptors (Lipinski definition) is 3. The lowest BCUT2D eigenvalue weighted by molar-refractivity contribution is 0.0302. The van der Waals surface area contributed by atoms with Crippen LogP contribution in [0, 0.1) is 5.92 Å². The summed E-state index contributed by atoms with van der Waals surface area (Å²) in [5, 5.41) is 9.18. The minimum Gasteiger partial charge on any atom is -0.393 e. The van der Waals surface area contributed by atoms with Gasteiger partial charge in [-0.05, 0) is 46.8 Å². The van der Waals surface area contributed by atoms with Crippen LogP contribution in [-0.2, 0) is 0 Å². The van der Waals surface area contributed by atoms with Crippen molar-refractivity contribution in [1.82, 2.24) is 4.98 Å². The molecule has 4 heteroatoms. The molecule has 0 aliphatic heterocycles. The zero-order valence-corrected chi connectivity index (χ0v) is 9.31. The van der Waals surface area contributed by atoms with Crippen molar-refractivity contribution in [1.29, 1.82) is 0 Å². The van der Waals surface area contributed by atoms with Gasteiger partial charge in [0.2, 0.25) is 0 Å². The monoisotopic (exact) mass is 256 g/mol. The quantitative estimate of drug-likeness (QED) is 0.791. The van der Waals surface area contributed by atoms with Crippen LogP contribution in [0.15, 0.2) is 22.8 Å². The van der Waals surface area contributed by atoms with Gasteiger partial charge >= 0.3 is 0 Å². The summed E-state index contributed by atoms with van der Waals surface area (Å²) in [6.45, 7) is 0. The molecule has 0 aromatic carbocycles. The molecule has 0 unspecified atom stereocenters. The Morgan fingerprint density at radius 3 is 2.79 bits per heavy atom. The minimum absolute atomic E-state index is 0.0455. The molecule has 1 heterocycles. The lowest BCUT2D eigenvalue weighted by atomic mass is 9.76. The number of halogens is 1. The van der Waals surface area contributed by atoms with E-state index in [-0.39, 0.29) is 12.1 Å². The molecule has 2 rings (SSSR count). The molecular weight excluding hydrogens is 244 g/mol. The van der Waals surface area contributed by atoms with Gasteiger partial charge in [0.05, 0.1) is 17.8 Å². The van der Waals surface area contributed by atoms with Crippen molar-refractivity contribution < 1.29 is 5.11 Å². The molecule has 1 atom stereocenters. The Labute approximate surface area is 91.5 Å². The molecule has 0 radical (unpaired) electrons. The highest BCUT2D eigenvalue weighted by molar-refractivity contribution is 9.10. The van der Waals surface area contributed by atoms with Gasteiger partial charge in [0.1, 0.15) is 4.60 Å². The van der Waals surface area contributed by atoms with Crippen LogP contribution in [0.4, 0.5) is 0 Å². The second-order valence-corrected chi connectivity index (χ2v) is 4.61. The molecule has 76 valence electrons. The number of aromatic nitrogens is 1. The van der Waals surface area contributed by atoms with E-state index in [4.69, 9.17) is 5.73 Å². The van der Waals surface area contributed by atoms with Crippen LogP contribution in [0.1, 0.15) is 24.6 Å². The molecular formula is C10H13BrN2O. The minimum atomic E-state index is -0.154. The summed E-state index contributed by atoms with van der Waals surface area (Å²) in [4.78, 5) is 4.31. The Morgan fingerprint density at radius 2 is 2.21 bits per heavy atom. The molecule has 1 aromatic heterocycles. The van der Waals surface area contributed by atoms with Crippen LogP contribution < -0.4 is 5.73 Å². The summed E-state index contributed by atoms with van der Waals surface area (Å²) in [7, 11) is 0.